The van der Waals surface area contributed by atoms with Gasteiger partial charge in [0, 0.05) is 11.5 Å². The van der Waals surface area contributed by atoms with Gasteiger partial charge >= 0.3 is 0 Å². The molecule has 0 aliphatic heterocycles. The quantitative estimate of drug-likeness (QED) is 0.644. The van der Waals surface area contributed by atoms with Crippen molar-refractivity contribution in [2.24, 2.45) is 0 Å². The van der Waals surface area contributed by atoms with Crippen LogP contribution in [-0.4, -0.2) is 19.7 Å². The van der Waals surface area contributed by atoms with Crippen molar-refractivity contribution < 1.29 is 0 Å². The zero-order valence-corrected chi connectivity index (χ0v) is 8.91. The van der Waals surface area contributed by atoms with Crippen molar-refractivity contribution in [2.75, 3.05) is 11.5 Å². The van der Waals surface area contributed by atoms with Gasteiger partial charge in [-0.05, 0) is 6.07 Å². The van der Waals surface area contributed by atoms with Gasteiger partial charge in [0.25, 0.3) is 0 Å². The number of fused-ring (bicyclic) bond motifs is 1. The largest absolute Gasteiger partial charge is 0.383 e. The Labute approximate surface area is 96.9 Å². The SMILES string of the molecule is Nc1cc(-n2ncc3ccccc32)nc(N)n1. The van der Waals surface area contributed by atoms with E-state index in [1.165, 1.54) is 0 Å². The Morgan fingerprint density at radius 3 is 2.71 bits per heavy atom. The number of nitrogen functional groups attached to an aromatic ring is 2. The third-order valence-electron chi connectivity index (χ3n) is 2.44. The van der Waals surface area contributed by atoms with E-state index in [1.807, 2.05) is 24.3 Å². The molecule has 0 saturated heterocycles. The predicted octanol–water partition coefficient (Wildman–Crippen LogP) is 0.980. The molecule has 2 aromatic heterocycles. The number of anilines is 2. The molecule has 17 heavy (non-hydrogen) atoms. The Bertz CT molecular complexity index is 667. The number of benzene rings is 1. The molecule has 0 spiro atoms. The summed E-state index contributed by atoms with van der Waals surface area (Å²) in [6.07, 6.45) is 1.77. The average Bonchev–Trinajstić information content (AvgIpc) is 2.71. The number of nitrogens with zero attached hydrogens (tertiary/aromatic N) is 4. The molecule has 0 saturated carbocycles. The lowest BCUT2D eigenvalue weighted by Crippen LogP contribution is -2.06. The second-order valence-corrected chi connectivity index (χ2v) is 3.62. The van der Waals surface area contributed by atoms with Crippen LogP contribution in [0.1, 0.15) is 0 Å². The smallest absolute Gasteiger partial charge is 0.224 e. The van der Waals surface area contributed by atoms with Crippen molar-refractivity contribution in [3.63, 3.8) is 0 Å². The molecule has 0 fully saturated rings. The van der Waals surface area contributed by atoms with E-state index in [1.54, 1.807) is 16.9 Å². The lowest BCUT2D eigenvalue weighted by Gasteiger charge is -2.04. The molecule has 0 aliphatic rings. The maximum Gasteiger partial charge on any atom is 0.224 e. The van der Waals surface area contributed by atoms with Gasteiger partial charge in [-0.2, -0.15) is 15.1 Å². The van der Waals surface area contributed by atoms with Crippen molar-refractivity contribution in [1.29, 1.82) is 0 Å². The highest BCUT2D eigenvalue weighted by atomic mass is 15.3. The van der Waals surface area contributed by atoms with Gasteiger partial charge in [-0.1, -0.05) is 18.2 Å². The summed E-state index contributed by atoms with van der Waals surface area (Å²) in [6.45, 7) is 0. The predicted molar refractivity (Wildman–Crippen MR) is 65.5 cm³/mol. The topological polar surface area (TPSA) is 95.6 Å². The molecule has 3 aromatic rings. The van der Waals surface area contributed by atoms with Crippen molar-refractivity contribution in [1.82, 2.24) is 19.7 Å². The van der Waals surface area contributed by atoms with Crippen molar-refractivity contribution >= 4 is 22.7 Å². The number of para-hydroxylation sites is 1. The number of hydrogen-bond acceptors (Lipinski definition) is 5. The molecule has 0 bridgehead atoms. The van der Waals surface area contributed by atoms with E-state index >= 15 is 0 Å². The molecular weight excluding hydrogens is 216 g/mol. The molecule has 84 valence electrons. The van der Waals surface area contributed by atoms with Crippen LogP contribution in [0.2, 0.25) is 0 Å². The molecule has 0 amide bonds. The third-order valence-corrected chi connectivity index (χ3v) is 2.44. The van der Waals surface area contributed by atoms with E-state index in [2.05, 4.69) is 15.1 Å². The molecule has 0 radical (unpaired) electrons. The normalized spacial score (nSPS) is 10.8. The third kappa shape index (κ3) is 1.55. The standard InChI is InChI=1S/C11H10N6/c12-9-5-10(16-11(13)15-9)17-8-4-2-1-3-7(8)6-14-17/h1-6H,(H4,12,13,15,16). The summed E-state index contributed by atoms with van der Waals surface area (Å²) in [4.78, 5) is 7.94. The molecule has 2 heterocycles. The average molecular weight is 226 g/mol. The zero-order chi connectivity index (χ0) is 11.8. The summed E-state index contributed by atoms with van der Waals surface area (Å²) in [5.74, 6) is 1.03. The van der Waals surface area contributed by atoms with Crippen LogP contribution in [0.3, 0.4) is 0 Å². The van der Waals surface area contributed by atoms with Gasteiger partial charge < -0.3 is 11.5 Å². The molecule has 1 aromatic carbocycles. The highest BCUT2D eigenvalue weighted by Crippen LogP contribution is 2.17. The van der Waals surface area contributed by atoms with Gasteiger partial charge in [0.1, 0.15) is 5.82 Å². The van der Waals surface area contributed by atoms with E-state index in [4.69, 9.17) is 11.5 Å². The van der Waals surface area contributed by atoms with Crippen LogP contribution < -0.4 is 11.5 Å². The van der Waals surface area contributed by atoms with Crippen LogP contribution in [-0.2, 0) is 0 Å². The number of rotatable bonds is 1. The Kier molecular flexibility index (Phi) is 1.94. The number of hydrogen-bond donors (Lipinski definition) is 2. The Hall–Kier alpha value is -2.63. The summed E-state index contributed by atoms with van der Waals surface area (Å²) < 4.78 is 1.68. The zero-order valence-electron chi connectivity index (χ0n) is 8.91. The minimum absolute atomic E-state index is 0.139. The number of nitrogens with two attached hydrogens (primary N) is 2. The van der Waals surface area contributed by atoms with Crippen LogP contribution in [0.5, 0.6) is 0 Å². The fourth-order valence-electron chi connectivity index (χ4n) is 1.73. The molecule has 6 nitrogen and oxygen atoms in total. The Balaban J connectivity index is 2.27. The van der Waals surface area contributed by atoms with Gasteiger partial charge in [0.15, 0.2) is 5.82 Å². The van der Waals surface area contributed by atoms with Crippen molar-refractivity contribution in [2.45, 2.75) is 0 Å². The van der Waals surface area contributed by atoms with Gasteiger partial charge in [0.2, 0.25) is 5.95 Å². The van der Waals surface area contributed by atoms with E-state index in [0.717, 1.165) is 10.9 Å². The molecule has 0 atom stereocenters. The summed E-state index contributed by atoms with van der Waals surface area (Å²) in [5, 5.41) is 5.29. The fraction of sp³-hybridized carbons (Fsp3) is 0. The summed E-state index contributed by atoms with van der Waals surface area (Å²) in [7, 11) is 0. The van der Waals surface area contributed by atoms with Gasteiger partial charge in [0.05, 0.1) is 11.7 Å². The molecular formula is C11H10N6. The molecule has 6 heteroatoms. The second-order valence-electron chi connectivity index (χ2n) is 3.62. The molecule has 0 unspecified atom stereocenters. The maximum atomic E-state index is 5.64. The highest BCUT2D eigenvalue weighted by Gasteiger charge is 2.07. The van der Waals surface area contributed by atoms with E-state index < -0.39 is 0 Å². The van der Waals surface area contributed by atoms with E-state index in [9.17, 15) is 0 Å². The first-order valence-electron chi connectivity index (χ1n) is 5.07. The maximum absolute atomic E-state index is 5.64. The minimum Gasteiger partial charge on any atom is -0.383 e. The minimum atomic E-state index is 0.139. The monoisotopic (exact) mass is 226 g/mol. The van der Waals surface area contributed by atoms with Crippen LogP contribution in [0, 0.1) is 0 Å². The van der Waals surface area contributed by atoms with E-state index in [0.29, 0.717) is 11.6 Å². The molecule has 0 aliphatic carbocycles. The van der Waals surface area contributed by atoms with E-state index in [-0.39, 0.29) is 5.95 Å². The Morgan fingerprint density at radius 2 is 1.88 bits per heavy atom. The summed E-state index contributed by atoms with van der Waals surface area (Å²) in [6, 6.07) is 9.46. The first kappa shape index (κ1) is 9.59. The first-order chi connectivity index (χ1) is 8.24. The van der Waals surface area contributed by atoms with Gasteiger partial charge in [-0.15, -0.1) is 0 Å². The first-order valence-corrected chi connectivity index (χ1v) is 5.07. The fourth-order valence-corrected chi connectivity index (χ4v) is 1.73. The van der Waals surface area contributed by atoms with Crippen LogP contribution in [0.4, 0.5) is 11.8 Å². The lowest BCUT2D eigenvalue weighted by atomic mass is 10.2. The Morgan fingerprint density at radius 1 is 1.06 bits per heavy atom. The van der Waals surface area contributed by atoms with Crippen molar-refractivity contribution in [3.8, 4) is 5.82 Å². The number of aromatic nitrogens is 4. The van der Waals surface area contributed by atoms with Crippen LogP contribution in [0.15, 0.2) is 36.5 Å². The van der Waals surface area contributed by atoms with Crippen molar-refractivity contribution in [3.05, 3.63) is 36.5 Å². The van der Waals surface area contributed by atoms with Crippen LogP contribution in [0.25, 0.3) is 16.7 Å². The summed E-state index contributed by atoms with van der Waals surface area (Å²) >= 11 is 0. The molecule has 4 N–H and O–H groups in total. The van der Waals surface area contributed by atoms with Crippen LogP contribution >= 0.6 is 0 Å². The highest BCUT2D eigenvalue weighted by molar-refractivity contribution is 5.79. The summed E-state index contributed by atoms with van der Waals surface area (Å²) in [5.41, 5.74) is 12.2. The van der Waals surface area contributed by atoms with Gasteiger partial charge in [-0.25, -0.2) is 4.68 Å². The van der Waals surface area contributed by atoms with Gasteiger partial charge in [-0.3, -0.25) is 0 Å². The molecule has 3 rings (SSSR count). The lowest BCUT2D eigenvalue weighted by molar-refractivity contribution is 0.871. The second kappa shape index (κ2) is 3.44.